The molecule has 0 radical (unpaired) electrons. The first-order valence-electron chi connectivity index (χ1n) is 11.9. The maximum absolute atomic E-state index is 12.6. The zero-order chi connectivity index (χ0) is 21.9. The van der Waals surface area contributed by atoms with Crippen LogP contribution in [0, 0.1) is 5.92 Å². The molecule has 0 aromatic carbocycles. The van der Waals surface area contributed by atoms with E-state index < -0.39 is 0 Å². The molecule has 1 atom stereocenters. The monoisotopic (exact) mass is 429 g/mol. The Labute approximate surface area is 186 Å². The van der Waals surface area contributed by atoms with Crippen molar-refractivity contribution in [1.29, 1.82) is 0 Å². The number of carbonyl (C=O) groups excluding carboxylic acids is 1. The highest BCUT2D eigenvalue weighted by atomic mass is 16.2. The molecule has 31 heavy (non-hydrogen) atoms. The zero-order valence-electron chi connectivity index (χ0n) is 19.2. The van der Waals surface area contributed by atoms with Gasteiger partial charge in [0.1, 0.15) is 0 Å². The molecule has 8 heteroatoms. The van der Waals surface area contributed by atoms with E-state index >= 15 is 0 Å². The fourth-order valence-electron chi connectivity index (χ4n) is 4.52. The molecule has 1 saturated carbocycles. The van der Waals surface area contributed by atoms with E-state index in [1.54, 1.807) is 19.4 Å². The van der Waals surface area contributed by atoms with Gasteiger partial charge in [0.05, 0.1) is 0 Å². The summed E-state index contributed by atoms with van der Waals surface area (Å²) in [4.78, 5) is 29.6. The minimum atomic E-state index is 0.182. The second-order valence-electron chi connectivity index (χ2n) is 8.79. The molecule has 8 nitrogen and oxygen atoms in total. The van der Waals surface area contributed by atoms with Gasteiger partial charge < -0.3 is 20.4 Å². The number of amides is 1. The number of guanidine groups is 1. The van der Waals surface area contributed by atoms with Crippen molar-refractivity contribution >= 4 is 17.8 Å². The van der Waals surface area contributed by atoms with Crippen molar-refractivity contribution in [3.05, 3.63) is 18.5 Å². The number of hydrogen-bond acceptors (Lipinski definition) is 5. The fraction of sp³-hybridized carbons (Fsp3) is 0.739. The van der Waals surface area contributed by atoms with Crippen molar-refractivity contribution < 1.29 is 4.79 Å². The number of hydrogen-bond donors (Lipinski definition) is 2. The van der Waals surface area contributed by atoms with Crippen LogP contribution in [0.5, 0.6) is 0 Å². The van der Waals surface area contributed by atoms with Gasteiger partial charge in [-0.1, -0.05) is 32.1 Å². The molecular weight excluding hydrogens is 390 g/mol. The van der Waals surface area contributed by atoms with Crippen LogP contribution in [0.15, 0.2) is 23.5 Å². The van der Waals surface area contributed by atoms with Crippen LogP contribution in [0.3, 0.4) is 0 Å². The highest BCUT2D eigenvalue weighted by Gasteiger charge is 2.22. The van der Waals surface area contributed by atoms with Crippen LogP contribution >= 0.6 is 0 Å². The molecule has 3 rings (SSSR count). The highest BCUT2D eigenvalue weighted by Crippen LogP contribution is 2.27. The average molecular weight is 430 g/mol. The van der Waals surface area contributed by atoms with Crippen molar-refractivity contribution in [2.45, 2.75) is 64.3 Å². The summed E-state index contributed by atoms with van der Waals surface area (Å²) in [5, 5.41) is 6.78. The smallest absolute Gasteiger partial charge is 0.225 e. The Morgan fingerprint density at radius 3 is 2.55 bits per heavy atom. The molecule has 2 N–H and O–H groups in total. The number of anilines is 1. The number of rotatable bonds is 8. The topological polar surface area (TPSA) is 85.8 Å². The third-order valence-corrected chi connectivity index (χ3v) is 6.44. The van der Waals surface area contributed by atoms with Crippen LogP contribution < -0.4 is 15.5 Å². The van der Waals surface area contributed by atoms with Crippen molar-refractivity contribution in [3.8, 4) is 0 Å². The van der Waals surface area contributed by atoms with Crippen LogP contribution in [0.1, 0.15) is 58.3 Å². The van der Waals surface area contributed by atoms with Gasteiger partial charge in [-0.2, -0.15) is 0 Å². The lowest BCUT2D eigenvalue weighted by molar-refractivity contribution is -0.131. The zero-order valence-corrected chi connectivity index (χ0v) is 19.2. The maximum Gasteiger partial charge on any atom is 0.225 e. The molecule has 1 unspecified atom stereocenters. The Morgan fingerprint density at radius 1 is 1.16 bits per heavy atom. The van der Waals surface area contributed by atoms with Crippen molar-refractivity contribution in [2.24, 2.45) is 10.9 Å². The molecule has 1 aromatic heterocycles. The molecule has 1 saturated heterocycles. The van der Waals surface area contributed by atoms with Crippen LogP contribution in [0.2, 0.25) is 0 Å². The van der Waals surface area contributed by atoms with Gasteiger partial charge in [-0.05, 0) is 31.7 Å². The maximum atomic E-state index is 12.6. The molecule has 2 aliphatic rings. The summed E-state index contributed by atoms with van der Waals surface area (Å²) >= 11 is 0. The summed E-state index contributed by atoms with van der Waals surface area (Å²) in [5.74, 6) is 2.61. The van der Waals surface area contributed by atoms with Crippen molar-refractivity contribution in [2.75, 3.05) is 44.7 Å². The molecule has 1 aliphatic carbocycles. The van der Waals surface area contributed by atoms with E-state index in [4.69, 9.17) is 0 Å². The van der Waals surface area contributed by atoms with Gasteiger partial charge in [0.2, 0.25) is 11.9 Å². The van der Waals surface area contributed by atoms with Gasteiger partial charge in [-0.15, -0.1) is 0 Å². The number of nitrogens with zero attached hydrogens (tertiary/aromatic N) is 5. The van der Waals surface area contributed by atoms with Crippen LogP contribution in [0.4, 0.5) is 5.95 Å². The van der Waals surface area contributed by atoms with E-state index in [1.807, 2.05) is 11.0 Å². The molecule has 1 amide bonds. The molecule has 0 spiro atoms. The molecule has 2 fully saturated rings. The Morgan fingerprint density at radius 2 is 1.87 bits per heavy atom. The lowest BCUT2D eigenvalue weighted by Gasteiger charge is -2.34. The Hall–Kier alpha value is -2.38. The van der Waals surface area contributed by atoms with E-state index in [1.165, 1.54) is 44.9 Å². The minimum absolute atomic E-state index is 0.182. The van der Waals surface area contributed by atoms with Crippen LogP contribution in [-0.4, -0.2) is 72.5 Å². The van der Waals surface area contributed by atoms with E-state index in [0.717, 1.165) is 30.9 Å². The molecule has 0 bridgehead atoms. The normalized spacial score (nSPS) is 19.2. The minimum Gasteiger partial charge on any atom is -0.356 e. The van der Waals surface area contributed by atoms with Crippen molar-refractivity contribution in [3.63, 3.8) is 0 Å². The van der Waals surface area contributed by atoms with E-state index in [9.17, 15) is 4.79 Å². The molecule has 1 aromatic rings. The predicted octanol–water partition coefficient (Wildman–Crippen LogP) is 2.43. The van der Waals surface area contributed by atoms with Crippen LogP contribution in [-0.2, 0) is 4.79 Å². The summed E-state index contributed by atoms with van der Waals surface area (Å²) in [5.41, 5.74) is 0. The van der Waals surface area contributed by atoms with E-state index in [2.05, 4.69) is 37.4 Å². The first kappa shape index (κ1) is 23.3. The van der Waals surface area contributed by atoms with Gasteiger partial charge >= 0.3 is 0 Å². The molecule has 172 valence electrons. The molecule has 1 aliphatic heterocycles. The average Bonchev–Trinajstić information content (AvgIpc) is 2.83. The Balaban J connectivity index is 1.30. The summed E-state index contributed by atoms with van der Waals surface area (Å²) in [6.45, 7) is 5.77. The summed E-state index contributed by atoms with van der Waals surface area (Å²) in [6, 6.07) is 2.20. The van der Waals surface area contributed by atoms with Gasteiger partial charge in [-0.3, -0.25) is 9.79 Å². The number of piperazine rings is 1. The Kier molecular flexibility index (Phi) is 9.37. The number of aliphatic imine (C=N–C) groups is 1. The quantitative estimate of drug-likeness (QED) is 0.488. The Bertz CT molecular complexity index is 682. The second kappa shape index (κ2) is 12.5. The standard InChI is InChI=1S/C23H39N7O/c1-19(9-10-20-7-4-3-5-8-20)28-22(24-2)25-14-11-21(31)29-15-17-30(18-16-29)23-26-12-6-13-27-23/h6,12-13,19-20H,3-5,7-11,14-18H2,1-2H3,(H2,24,25,28). The van der Waals surface area contributed by atoms with Crippen molar-refractivity contribution in [1.82, 2.24) is 25.5 Å². The first-order chi connectivity index (χ1) is 15.2. The SMILES string of the molecule is CN=C(NCCC(=O)N1CCN(c2ncccn2)CC1)NC(C)CCC1CCCCC1. The molecule has 2 heterocycles. The summed E-state index contributed by atoms with van der Waals surface area (Å²) in [6.07, 6.45) is 13.5. The predicted molar refractivity (Wildman–Crippen MR) is 125 cm³/mol. The number of aromatic nitrogens is 2. The molecular formula is C23H39N7O. The second-order valence-corrected chi connectivity index (χ2v) is 8.79. The summed E-state index contributed by atoms with van der Waals surface area (Å²) < 4.78 is 0. The number of carbonyl (C=O) groups is 1. The largest absolute Gasteiger partial charge is 0.356 e. The first-order valence-corrected chi connectivity index (χ1v) is 11.9. The van der Waals surface area contributed by atoms with E-state index in [0.29, 0.717) is 32.1 Å². The lowest BCUT2D eigenvalue weighted by Crippen LogP contribution is -2.50. The highest BCUT2D eigenvalue weighted by molar-refractivity contribution is 5.81. The number of nitrogens with one attached hydrogen (secondary N) is 2. The van der Waals surface area contributed by atoms with E-state index in [-0.39, 0.29) is 5.91 Å². The van der Waals surface area contributed by atoms with Gasteiger partial charge in [0, 0.05) is 64.6 Å². The third-order valence-electron chi connectivity index (χ3n) is 6.44. The third kappa shape index (κ3) is 7.67. The lowest BCUT2D eigenvalue weighted by atomic mass is 9.85. The van der Waals surface area contributed by atoms with Gasteiger partial charge in [-0.25, -0.2) is 9.97 Å². The summed E-state index contributed by atoms with van der Waals surface area (Å²) in [7, 11) is 1.79. The van der Waals surface area contributed by atoms with Gasteiger partial charge in [0.25, 0.3) is 0 Å². The van der Waals surface area contributed by atoms with Crippen LogP contribution in [0.25, 0.3) is 0 Å². The van der Waals surface area contributed by atoms with Gasteiger partial charge in [0.15, 0.2) is 5.96 Å². The fourth-order valence-corrected chi connectivity index (χ4v) is 4.52.